The second kappa shape index (κ2) is 5.98. The van der Waals surface area contributed by atoms with E-state index in [0.29, 0.717) is 6.54 Å². The van der Waals surface area contributed by atoms with Gasteiger partial charge in [-0.15, -0.1) is 0 Å². The van der Waals surface area contributed by atoms with Gasteiger partial charge in [-0.25, -0.2) is 0 Å². The molecule has 0 saturated heterocycles. The number of hydrogen-bond acceptors (Lipinski definition) is 4. The summed E-state index contributed by atoms with van der Waals surface area (Å²) in [7, 11) is 5.20. The highest BCUT2D eigenvalue weighted by Gasteiger charge is 2.35. The number of ether oxygens (including phenoxy) is 1. The van der Waals surface area contributed by atoms with Crippen molar-refractivity contribution in [2.45, 2.75) is 31.7 Å². The minimum absolute atomic E-state index is 0.181. The van der Waals surface area contributed by atoms with Crippen LogP contribution in [0.25, 0.3) is 0 Å². The number of unbranched alkanes of at least 4 members (excludes halogenated alkanes) is 1. The minimum Gasteiger partial charge on any atom is -0.468 e. The van der Waals surface area contributed by atoms with Crippen molar-refractivity contribution in [3.63, 3.8) is 0 Å². The molecule has 0 aliphatic heterocycles. The van der Waals surface area contributed by atoms with Crippen LogP contribution in [0.2, 0.25) is 0 Å². The van der Waals surface area contributed by atoms with E-state index in [1.165, 1.54) is 7.11 Å². The lowest BCUT2D eigenvalue weighted by Gasteiger charge is -2.33. The zero-order chi connectivity index (χ0) is 11.2. The third kappa shape index (κ3) is 3.27. The molecule has 84 valence electrons. The van der Waals surface area contributed by atoms with Crippen LogP contribution in [0.15, 0.2) is 0 Å². The lowest BCUT2D eigenvalue weighted by Crippen LogP contribution is -2.49. The second-order valence-electron chi connectivity index (χ2n) is 3.91. The number of esters is 1. The normalized spacial score (nSPS) is 15.3. The third-order valence-corrected chi connectivity index (χ3v) is 2.73. The van der Waals surface area contributed by atoms with Crippen LogP contribution in [0.3, 0.4) is 0 Å². The van der Waals surface area contributed by atoms with E-state index in [1.54, 1.807) is 0 Å². The zero-order valence-electron chi connectivity index (χ0n) is 9.67. The van der Waals surface area contributed by atoms with E-state index in [-0.39, 0.29) is 5.97 Å². The molecule has 0 aliphatic rings. The van der Waals surface area contributed by atoms with Crippen LogP contribution >= 0.6 is 0 Å². The summed E-state index contributed by atoms with van der Waals surface area (Å²) in [6.07, 6.45) is 2.67. The number of nitrogens with two attached hydrogens (primary N) is 1. The molecular formula is C10H22N2O2. The predicted molar refractivity (Wildman–Crippen MR) is 57.0 cm³/mol. The van der Waals surface area contributed by atoms with Gasteiger partial charge in [-0.1, -0.05) is 0 Å². The number of carbonyl (C=O) groups is 1. The van der Waals surface area contributed by atoms with Gasteiger partial charge in [0.25, 0.3) is 0 Å². The summed E-state index contributed by atoms with van der Waals surface area (Å²) in [5.41, 5.74) is 4.89. The molecule has 0 bridgehead atoms. The van der Waals surface area contributed by atoms with Gasteiger partial charge < -0.3 is 10.5 Å². The van der Waals surface area contributed by atoms with E-state index in [0.717, 1.165) is 19.3 Å². The van der Waals surface area contributed by atoms with Crippen molar-refractivity contribution < 1.29 is 9.53 Å². The molecule has 2 N–H and O–H groups in total. The Morgan fingerprint density at radius 2 is 2.00 bits per heavy atom. The lowest BCUT2D eigenvalue weighted by molar-refractivity contribution is -0.153. The van der Waals surface area contributed by atoms with Gasteiger partial charge in [-0.3, -0.25) is 9.69 Å². The van der Waals surface area contributed by atoms with Crippen molar-refractivity contribution in [2.24, 2.45) is 5.73 Å². The third-order valence-electron chi connectivity index (χ3n) is 2.73. The Balaban J connectivity index is 4.32. The molecule has 0 unspecified atom stereocenters. The maximum atomic E-state index is 11.6. The molecule has 0 saturated carbocycles. The molecule has 0 aromatic heterocycles. The van der Waals surface area contributed by atoms with Crippen molar-refractivity contribution in [3.05, 3.63) is 0 Å². The highest BCUT2D eigenvalue weighted by atomic mass is 16.5. The standard InChI is InChI=1S/C10H22N2O2/c1-10(12(2)3,9(13)14-4)7-5-6-8-11/h5-8,11H2,1-4H3/t10-/m0/s1. The molecule has 0 radical (unpaired) electrons. The van der Waals surface area contributed by atoms with E-state index in [4.69, 9.17) is 10.5 Å². The summed E-state index contributed by atoms with van der Waals surface area (Å²) in [5.74, 6) is -0.181. The number of likely N-dealkylation sites (N-methyl/N-ethyl adjacent to an activating group) is 1. The van der Waals surface area contributed by atoms with Crippen LogP contribution in [0.4, 0.5) is 0 Å². The van der Waals surface area contributed by atoms with Gasteiger partial charge in [0.05, 0.1) is 7.11 Å². The minimum atomic E-state index is -0.524. The molecule has 0 aromatic carbocycles. The van der Waals surface area contributed by atoms with Gasteiger partial charge in [0, 0.05) is 0 Å². The smallest absolute Gasteiger partial charge is 0.325 e. The molecular weight excluding hydrogens is 180 g/mol. The van der Waals surface area contributed by atoms with Crippen molar-refractivity contribution >= 4 is 5.97 Å². The first-order chi connectivity index (χ1) is 6.49. The van der Waals surface area contributed by atoms with Crippen LogP contribution < -0.4 is 5.73 Å². The number of nitrogens with zero attached hydrogens (tertiary/aromatic N) is 1. The fraction of sp³-hybridized carbons (Fsp3) is 0.900. The van der Waals surface area contributed by atoms with Crippen molar-refractivity contribution in [3.8, 4) is 0 Å². The highest BCUT2D eigenvalue weighted by Crippen LogP contribution is 2.20. The quantitative estimate of drug-likeness (QED) is 0.506. The fourth-order valence-corrected chi connectivity index (χ4v) is 1.34. The average Bonchev–Trinajstić information content (AvgIpc) is 2.16. The van der Waals surface area contributed by atoms with Crippen molar-refractivity contribution in [2.75, 3.05) is 27.7 Å². The van der Waals surface area contributed by atoms with Crippen LogP contribution in [-0.4, -0.2) is 44.2 Å². The summed E-state index contributed by atoms with van der Waals surface area (Å²) < 4.78 is 4.80. The molecule has 1 atom stereocenters. The predicted octanol–water partition coefficient (Wildman–Crippen LogP) is 0.609. The molecule has 0 spiro atoms. The second-order valence-corrected chi connectivity index (χ2v) is 3.91. The van der Waals surface area contributed by atoms with E-state index < -0.39 is 5.54 Å². The first-order valence-electron chi connectivity index (χ1n) is 4.95. The van der Waals surface area contributed by atoms with Gasteiger partial charge >= 0.3 is 5.97 Å². The Hall–Kier alpha value is -0.610. The molecule has 0 amide bonds. The number of carbonyl (C=O) groups excluding carboxylic acids is 1. The monoisotopic (exact) mass is 202 g/mol. The first kappa shape index (κ1) is 13.4. The molecule has 0 aromatic rings. The molecule has 0 rings (SSSR count). The van der Waals surface area contributed by atoms with Gasteiger partial charge in [0.1, 0.15) is 5.54 Å². The van der Waals surface area contributed by atoms with Gasteiger partial charge in [0.15, 0.2) is 0 Å². The van der Waals surface area contributed by atoms with Crippen LogP contribution in [-0.2, 0) is 9.53 Å². The summed E-state index contributed by atoms with van der Waals surface area (Å²) >= 11 is 0. The maximum Gasteiger partial charge on any atom is 0.325 e. The Morgan fingerprint density at radius 3 is 2.36 bits per heavy atom. The molecule has 4 heteroatoms. The Bertz CT molecular complexity index is 183. The van der Waals surface area contributed by atoms with Crippen LogP contribution in [0, 0.1) is 0 Å². The number of hydrogen-bond donors (Lipinski definition) is 1. The SMILES string of the molecule is COC(=O)[C@](C)(CCCCN)N(C)C. The first-order valence-corrected chi connectivity index (χ1v) is 4.95. The van der Waals surface area contributed by atoms with E-state index in [2.05, 4.69) is 0 Å². The fourth-order valence-electron chi connectivity index (χ4n) is 1.34. The molecule has 14 heavy (non-hydrogen) atoms. The summed E-state index contributed by atoms with van der Waals surface area (Å²) in [5, 5.41) is 0. The van der Waals surface area contributed by atoms with Gasteiger partial charge in [0.2, 0.25) is 0 Å². The number of rotatable bonds is 6. The van der Waals surface area contributed by atoms with Crippen molar-refractivity contribution in [1.82, 2.24) is 4.90 Å². The van der Waals surface area contributed by atoms with Crippen LogP contribution in [0.1, 0.15) is 26.2 Å². The van der Waals surface area contributed by atoms with Crippen LogP contribution in [0.5, 0.6) is 0 Å². The highest BCUT2D eigenvalue weighted by molar-refractivity contribution is 5.80. The average molecular weight is 202 g/mol. The summed E-state index contributed by atoms with van der Waals surface area (Å²) in [6, 6.07) is 0. The largest absolute Gasteiger partial charge is 0.468 e. The summed E-state index contributed by atoms with van der Waals surface area (Å²) in [4.78, 5) is 13.5. The van der Waals surface area contributed by atoms with E-state index in [1.807, 2.05) is 25.9 Å². The van der Waals surface area contributed by atoms with Gasteiger partial charge in [-0.2, -0.15) is 0 Å². The molecule has 0 aliphatic carbocycles. The van der Waals surface area contributed by atoms with Gasteiger partial charge in [-0.05, 0) is 46.8 Å². The molecule has 0 heterocycles. The Labute approximate surface area is 86.4 Å². The topological polar surface area (TPSA) is 55.6 Å². The number of methoxy groups -OCH3 is 1. The molecule has 0 fully saturated rings. The molecule has 4 nitrogen and oxygen atoms in total. The maximum absolute atomic E-state index is 11.6. The van der Waals surface area contributed by atoms with E-state index in [9.17, 15) is 4.79 Å². The zero-order valence-corrected chi connectivity index (χ0v) is 9.67. The lowest BCUT2D eigenvalue weighted by atomic mass is 9.93. The Kier molecular flexibility index (Phi) is 5.72. The van der Waals surface area contributed by atoms with E-state index >= 15 is 0 Å². The van der Waals surface area contributed by atoms with Crippen molar-refractivity contribution in [1.29, 1.82) is 0 Å². The Morgan fingerprint density at radius 1 is 1.43 bits per heavy atom. The summed E-state index contributed by atoms with van der Waals surface area (Å²) in [6.45, 7) is 2.57.